The van der Waals surface area contributed by atoms with Crippen LogP contribution in [0.5, 0.6) is 0 Å². The standard InChI is InChI=1S/C18H17N7OS/c1-10-8-16(24-23-10)21-17-14-7-4-12(25-26)9-15(14)20-18(22-17)27-13-5-2-11(19)3-6-13/h2-9,25-26H,19H2,1H3,(H2,20,21,22,23,24). The zero-order valence-electron chi connectivity index (χ0n) is 14.4. The van der Waals surface area contributed by atoms with E-state index in [0.29, 0.717) is 33.7 Å². The Labute approximate surface area is 159 Å². The summed E-state index contributed by atoms with van der Waals surface area (Å²) < 4.78 is 0. The number of rotatable bonds is 5. The molecule has 4 aromatic rings. The van der Waals surface area contributed by atoms with E-state index in [1.807, 2.05) is 43.3 Å². The highest BCUT2D eigenvalue weighted by molar-refractivity contribution is 7.99. The molecule has 2 aromatic heterocycles. The van der Waals surface area contributed by atoms with Crippen LogP contribution in [-0.2, 0) is 0 Å². The lowest BCUT2D eigenvalue weighted by Crippen LogP contribution is -2.00. The average Bonchev–Trinajstić information content (AvgIpc) is 3.08. The molecule has 0 amide bonds. The molecule has 2 aromatic carbocycles. The molecule has 0 bridgehead atoms. The first-order valence-corrected chi connectivity index (χ1v) is 8.97. The summed E-state index contributed by atoms with van der Waals surface area (Å²) in [5.74, 6) is 1.30. The van der Waals surface area contributed by atoms with E-state index < -0.39 is 0 Å². The van der Waals surface area contributed by atoms with Gasteiger partial charge in [-0.25, -0.2) is 9.97 Å². The fourth-order valence-corrected chi connectivity index (χ4v) is 3.33. The molecule has 4 rings (SSSR count). The molecule has 0 saturated heterocycles. The lowest BCUT2D eigenvalue weighted by atomic mass is 10.2. The molecule has 0 atom stereocenters. The first kappa shape index (κ1) is 17.1. The number of nitrogens with zero attached hydrogens (tertiary/aromatic N) is 3. The highest BCUT2D eigenvalue weighted by Gasteiger charge is 2.11. The van der Waals surface area contributed by atoms with Crippen molar-refractivity contribution >= 4 is 45.7 Å². The predicted octanol–water partition coefficient (Wildman–Crippen LogP) is 3.94. The lowest BCUT2D eigenvalue weighted by molar-refractivity contribution is 0.389. The quantitative estimate of drug-likeness (QED) is 0.201. The fraction of sp³-hybridized carbons (Fsp3) is 0.0556. The van der Waals surface area contributed by atoms with E-state index >= 15 is 0 Å². The van der Waals surface area contributed by atoms with Crippen molar-refractivity contribution in [1.29, 1.82) is 0 Å². The molecule has 6 N–H and O–H groups in total. The number of aryl methyl sites for hydroxylation is 1. The number of benzene rings is 2. The maximum absolute atomic E-state index is 9.19. The molecule has 8 nitrogen and oxygen atoms in total. The summed E-state index contributed by atoms with van der Waals surface area (Å²) in [5.41, 5.74) is 10.8. The molecule has 0 unspecified atom stereocenters. The number of nitrogens with two attached hydrogens (primary N) is 1. The third-order valence-electron chi connectivity index (χ3n) is 3.85. The molecular formula is C18H17N7OS. The maximum atomic E-state index is 9.19. The van der Waals surface area contributed by atoms with Gasteiger partial charge in [0.2, 0.25) is 0 Å². The third-order valence-corrected chi connectivity index (χ3v) is 4.72. The Kier molecular flexibility index (Phi) is 4.53. The number of fused-ring (bicyclic) bond motifs is 1. The average molecular weight is 379 g/mol. The van der Waals surface area contributed by atoms with Crippen LogP contribution in [0.3, 0.4) is 0 Å². The van der Waals surface area contributed by atoms with Gasteiger partial charge in [0.15, 0.2) is 11.0 Å². The second-order valence-corrected chi connectivity index (χ2v) is 6.97. The molecule has 136 valence electrons. The number of aromatic amines is 1. The van der Waals surface area contributed by atoms with Gasteiger partial charge in [-0.1, -0.05) is 0 Å². The fourth-order valence-electron chi connectivity index (χ4n) is 2.56. The van der Waals surface area contributed by atoms with Crippen LogP contribution in [-0.4, -0.2) is 25.4 Å². The zero-order chi connectivity index (χ0) is 18.8. The van der Waals surface area contributed by atoms with Crippen molar-refractivity contribution in [3.8, 4) is 0 Å². The van der Waals surface area contributed by atoms with Crippen molar-refractivity contribution in [2.24, 2.45) is 0 Å². The van der Waals surface area contributed by atoms with Crippen LogP contribution in [0.15, 0.2) is 58.6 Å². The summed E-state index contributed by atoms with van der Waals surface area (Å²) in [6.45, 7) is 1.93. The number of H-pyrrole nitrogens is 1. The molecule has 2 heterocycles. The molecule has 0 aliphatic rings. The number of nitrogens with one attached hydrogen (secondary N) is 3. The van der Waals surface area contributed by atoms with Crippen molar-refractivity contribution in [2.45, 2.75) is 17.0 Å². The minimum absolute atomic E-state index is 0.547. The molecule has 0 radical (unpaired) electrons. The van der Waals surface area contributed by atoms with E-state index in [1.54, 1.807) is 12.1 Å². The Morgan fingerprint density at radius 2 is 1.89 bits per heavy atom. The van der Waals surface area contributed by atoms with Gasteiger partial charge in [-0.05, 0) is 61.2 Å². The molecule has 0 spiro atoms. The monoisotopic (exact) mass is 379 g/mol. The van der Waals surface area contributed by atoms with Crippen LogP contribution in [0.4, 0.5) is 23.0 Å². The van der Waals surface area contributed by atoms with Crippen LogP contribution in [0.1, 0.15) is 5.69 Å². The highest BCUT2D eigenvalue weighted by Crippen LogP contribution is 2.31. The first-order valence-electron chi connectivity index (χ1n) is 8.15. The maximum Gasteiger partial charge on any atom is 0.195 e. The summed E-state index contributed by atoms with van der Waals surface area (Å²) in [4.78, 5) is 10.2. The topological polar surface area (TPSA) is 125 Å². The van der Waals surface area contributed by atoms with Crippen LogP contribution < -0.4 is 16.5 Å². The Morgan fingerprint density at radius 3 is 2.59 bits per heavy atom. The van der Waals surface area contributed by atoms with E-state index in [4.69, 9.17) is 5.73 Å². The second-order valence-electron chi connectivity index (χ2n) is 5.93. The van der Waals surface area contributed by atoms with E-state index in [9.17, 15) is 5.21 Å². The van der Waals surface area contributed by atoms with Crippen molar-refractivity contribution in [2.75, 3.05) is 16.5 Å². The van der Waals surface area contributed by atoms with Gasteiger partial charge >= 0.3 is 0 Å². The van der Waals surface area contributed by atoms with E-state index in [0.717, 1.165) is 16.0 Å². The summed E-state index contributed by atoms with van der Waals surface area (Å²) in [6.07, 6.45) is 0. The number of nitrogen functional groups attached to an aromatic ring is 1. The number of anilines is 4. The van der Waals surface area contributed by atoms with Gasteiger partial charge in [0.05, 0.1) is 11.2 Å². The first-order chi connectivity index (χ1) is 13.1. The number of hydrogen-bond acceptors (Lipinski definition) is 8. The highest BCUT2D eigenvalue weighted by atomic mass is 32.2. The normalized spacial score (nSPS) is 10.9. The Bertz CT molecular complexity index is 1090. The smallest absolute Gasteiger partial charge is 0.195 e. The van der Waals surface area contributed by atoms with E-state index in [1.165, 1.54) is 11.8 Å². The Balaban J connectivity index is 1.77. The summed E-state index contributed by atoms with van der Waals surface area (Å²) in [6, 6.07) is 14.8. The van der Waals surface area contributed by atoms with Gasteiger partial charge in [0.25, 0.3) is 0 Å². The summed E-state index contributed by atoms with van der Waals surface area (Å²) in [7, 11) is 0. The van der Waals surface area contributed by atoms with Crippen molar-refractivity contribution < 1.29 is 5.21 Å². The van der Waals surface area contributed by atoms with Gasteiger partial charge in [-0.2, -0.15) is 5.10 Å². The van der Waals surface area contributed by atoms with E-state index in [-0.39, 0.29) is 0 Å². The molecule has 0 saturated carbocycles. The van der Waals surface area contributed by atoms with Gasteiger partial charge in [-0.3, -0.25) is 15.8 Å². The molecule has 0 aliphatic carbocycles. The number of aromatic nitrogens is 4. The SMILES string of the molecule is Cc1cc(Nc2nc(Sc3ccc(N)cc3)nc3cc(NO)ccc23)n[nH]1. The van der Waals surface area contributed by atoms with Gasteiger partial charge in [-0.15, -0.1) is 0 Å². The van der Waals surface area contributed by atoms with Gasteiger partial charge in [0, 0.05) is 27.7 Å². The zero-order valence-corrected chi connectivity index (χ0v) is 15.2. The molecular weight excluding hydrogens is 362 g/mol. The van der Waals surface area contributed by atoms with Crippen LogP contribution in [0.2, 0.25) is 0 Å². The summed E-state index contributed by atoms with van der Waals surface area (Å²) in [5, 5.41) is 20.9. The lowest BCUT2D eigenvalue weighted by Gasteiger charge is -2.10. The molecule has 0 fully saturated rings. The van der Waals surface area contributed by atoms with Crippen molar-refractivity contribution in [3.05, 3.63) is 54.2 Å². The van der Waals surface area contributed by atoms with Gasteiger partial charge < -0.3 is 11.1 Å². The minimum Gasteiger partial charge on any atom is -0.399 e. The second kappa shape index (κ2) is 7.14. The molecule has 27 heavy (non-hydrogen) atoms. The molecule has 0 aliphatic heterocycles. The Morgan fingerprint density at radius 1 is 1.07 bits per heavy atom. The third kappa shape index (κ3) is 3.78. The van der Waals surface area contributed by atoms with Crippen molar-refractivity contribution in [1.82, 2.24) is 20.2 Å². The minimum atomic E-state index is 0.547. The van der Waals surface area contributed by atoms with Crippen LogP contribution in [0, 0.1) is 6.92 Å². The predicted molar refractivity (Wildman–Crippen MR) is 107 cm³/mol. The van der Waals surface area contributed by atoms with Crippen LogP contribution in [0.25, 0.3) is 10.9 Å². The van der Waals surface area contributed by atoms with Crippen LogP contribution >= 0.6 is 11.8 Å². The van der Waals surface area contributed by atoms with Crippen molar-refractivity contribution in [3.63, 3.8) is 0 Å². The number of hydrogen-bond donors (Lipinski definition) is 5. The van der Waals surface area contributed by atoms with E-state index in [2.05, 4.69) is 31.0 Å². The molecule has 9 heteroatoms. The summed E-state index contributed by atoms with van der Waals surface area (Å²) >= 11 is 1.43. The largest absolute Gasteiger partial charge is 0.399 e. The van der Waals surface area contributed by atoms with Gasteiger partial charge in [0.1, 0.15) is 5.82 Å². The Hall–Kier alpha value is -3.30.